The number of sulfone groups is 1. The van der Waals surface area contributed by atoms with Crippen molar-refractivity contribution in [3.63, 3.8) is 0 Å². The van der Waals surface area contributed by atoms with E-state index in [4.69, 9.17) is 9.47 Å². The maximum absolute atomic E-state index is 12.3. The summed E-state index contributed by atoms with van der Waals surface area (Å²) in [6.07, 6.45) is 1.06. The molecular weight excluding hydrogens is 386 g/mol. The molecule has 0 saturated heterocycles. The van der Waals surface area contributed by atoms with Crippen molar-refractivity contribution in [2.45, 2.75) is 11.5 Å². The van der Waals surface area contributed by atoms with Crippen LogP contribution in [-0.2, 0) is 21.2 Å². The highest BCUT2D eigenvalue weighted by molar-refractivity contribution is 7.90. The van der Waals surface area contributed by atoms with Gasteiger partial charge < -0.3 is 9.47 Å². The van der Waals surface area contributed by atoms with Crippen LogP contribution < -0.4 is 4.74 Å². The van der Waals surface area contributed by atoms with Crippen molar-refractivity contribution in [3.05, 3.63) is 65.2 Å². The van der Waals surface area contributed by atoms with Gasteiger partial charge in [-0.1, -0.05) is 12.1 Å². The number of nitrogens with zero attached hydrogens (tertiary/aromatic N) is 1. The molecule has 0 unspecified atom stereocenters. The Morgan fingerprint density at radius 2 is 1.81 bits per heavy atom. The van der Waals surface area contributed by atoms with Crippen LogP contribution in [-0.4, -0.2) is 32.7 Å². The minimum atomic E-state index is -3.52. The second-order valence-electron chi connectivity index (χ2n) is 5.72. The van der Waals surface area contributed by atoms with E-state index in [-0.39, 0.29) is 17.1 Å². The molecule has 0 saturated carbocycles. The predicted octanol–water partition coefficient (Wildman–Crippen LogP) is 3.58. The van der Waals surface area contributed by atoms with Gasteiger partial charge in [0.15, 0.2) is 9.84 Å². The van der Waals surface area contributed by atoms with E-state index in [0.29, 0.717) is 5.69 Å². The van der Waals surface area contributed by atoms with Crippen molar-refractivity contribution in [2.24, 2.45) is 0 Å². The Labute approximate surface area is 161 Å². The molecule has 0 N–H and O–H groups in total. The quantitative estimate of drug-likeness (QED) is 0.585. The average Bonchev–Trinajstić information content (AvgIpc) is 3.14. The number of benzene rings is 2. The van der Waals surface area contributed by atoms with Crippen LogP contribution >= 0.6 is 11.3 Å². The maximum atomic E-state index is 12.3. The summed E-state index contributed by atoms with van der Waals surface area (Å²) in [4.78, 5) is 16.7. The van der Waals surface area contributed by atoms with E-state index in [9.17, 15) is 13.2 Å². The summed E-state index contributed by atoms with van der Waals surface area (Å²) in [6.45, 7) is -0.0381. The van der Waals surface area contributed by atoms with Crippen molar-refractivity contribution in [1.82, 2.24) is 4.98 Å². The van der Waals surface area contributed by atoms with Gasteiger partial charge in [-0.15, -0.1) is 11.3 Å². The van der Waals surface area contributed by atoms with E-state index in [1.54, 1.807) is 24.6 Å². The van der Waals surface area contributed by atoms with Crippen molar-refractivity contribution < 1.29 is 22.7 Å². The number of carbonyl (C=O) groups is 1. The Hall–Kier alpha value is -2.71. The zero-order chi connectivity index (χ0) is 19.4. The van der Waals surface area contributed by atoms with Gasteiger partial charge in [-0.2, -0.15) is 0 Å². The Balaban J connectivity index is 1.71. The highest BCUT2D eigenvalue weighted by Gasteiger charge is 2.19. The number of rotatable bonds is 6. The summed E-state index contributed by atoms with van der Waals surface area (Å²) in [6, 6.07) is 13.5. The van der Waals surface area contributed by atoms with Crippen molar-refractivity contribution >= 4 is 27.1 Å². The van der Waals surface area contributed by atoms with Crippen molar-refractivity contribution in [3.8, 4) is 16.3 Å². The molecule has 0 aliphatic rings. The highest BCUT2D eigenvalue weighted by atomic mass is 32.2. The number of hydrogen-bond donors (Lipinski definition) is 0. The summed E-state index contributed by atoms with van der Waals surface area (Å²) in [7, 11) is -1.92. The average molecular weight is 403 g/mol. The van der Waals surface area contributed by atoms with Gasteiger partial charge in [0, 0.05) is 17.2 Å². The Morgan fingerprint density at radius 1 is 1.11 bits per heavy atom. The number of esters is 1. The van der Waals surface area contributed by atoms with Crippen LogP contribution in [0.5, 0.6) is 5.75 Å². The zero-order valence-corrected chi connectivity index (χ0v) is 16.3. The first kappa shape index (κ1) is 19.1. The number of aromatic nitrogens is 1. The normalized spacial score (nSPS) is 11.2. The van der Waals surface area contributed by atoms with Crippen LogP contribution in [0.3, 0.4) is 0 Å². The summed E-state index contributed by atoms with van der Waals surface area (Å²) >= 11 is 1.43. The third kappa shape index (κ3) is 4.53. The smallest absolute Gasteiger partial charge is 0.339 e. The van der Waals surface area contributed by atoms with Crippen LogP contribution in [0.25, 0.3) is 10.6 Å². The second-order valence-corrected chi connectivity index (χ2v) is 8.56. The summed E-state index contributed by atoms with van der Waals surface area (Å²) in [5.41, 5.74) is 1.54. The van der Waals surface area contributed by atoms with E-state index in [1.807, 2.05) is 24.3 Å². The highest BCUT2D eigenvalue weighted by Crippen LogP contribution is 2.26. The van der Waals surface area contributed by atoms with E-state index in [2.05, 4.69) is 4.98 Å². The van der Waals surface area contributed by atoms with E-state index < -0.39 is 15.8 Å². The minimum Gasteiger partial charge on any atom is -0.497 e. The van der Waals surface area contributed by atoms with Crippen molar-refractivity contribution in [1.29, 1.82) is 0 Å². The standard InChI is InChI=1S/C19H17NO5S2/c1-24-15-9-7-13(8-10-15)18-20-14(12-26-18)11-25-19(21)16-5-3-4-6-17(16)27(2,22)23/h3-10,12H,11H2,1-2H3. The molecule has 1 heterocycles. The number of methoxy groups -OCH3 is 1. The summed E-state index contributed by atoms with van der Waals surface area (Å²) < 4.78 is 34.0. The molecule has 0 aliphatic carbocycles. The van der Waals surface area contributed by atoms with Gasteiger partial charge in [0.25, 0.3) is 0 Å². The van der Waals surface area contributed by atoms with Gasteiger partial charge in [-0.3, -0.25) is 0 Å². The summed E-state index contributed by atoms with van der Waals surface area (Å²) in [5, 5.41) is 2.59. The molecule has 140 valence electrons. The van der Waals surface area contributed by atoms with Crippen LogP contribution in [0.4, 0.5) is 0 Å². The molecule has 0 atom stereocenters. The van der Waals surface area contributed by atoms with Crippen LogP contribution in [0.15, 0.2) is 58.8 Å². The van der Waals surface area contributed by atoms with Gasteiger partial charge in [-0.05, 0) is 36.4 Å². The third-order valence-electron chi connectivity index (χ3n) is 3.75. The first-order chi connectivity index (χ1) is 12.9. The lowest BCUT2D eigenvalue weighted by atomic mass is 10.2. The topological polar surface area (TPSA) is 82.6 Å². The lowest BCUT2D eigenvalue weighted by Crippen LogP contribution is -2.11. The molecule has 1 aromatic heterocycles. The van der Waals surface area contributed by atoms with E-state index in [0.717, 1.165) is 22.6 Å². The van der Waals surface area contributed by atoms with E-state index in [1.165, 1.54) is 23.5 Å². The minimum absolute atomic E-state index is 0.0191. The van der Waals surface area contributed by atoms with Crippen LogP contribution in [0, 0.1) is 0 Å². The van der Waals surface area contributed by atoms with Crippen molar-refractivity contribution in [2.75, 3.05) is 13.4 Å². The lowest BCUT2D eigenvalue weighted by molar-refractivity contribution is 0.0464. The predicted molar refractivity (Wildman–Crippen MR) is 103 cm³/mol. The van der Waals surface area contributed by atoms with Gasteiger partial charge in [0.05, 0.1) is 23.3 Å². The van der Waals surface area contributed by atoms with Gasteiger partial charge in [0.1, 0.15) is 17.4 Å². The molecule has 6 nitrogen and oxygen atoms in total. The van der Waals surface area contributed by atoms with Gasteiger partial charge in [-0.25, -0.2) is 18.2 Å². The molecule has 0 aliphatic heterocycles. The Bertz CT molecular complexity index is 1060. The van der Waals surface area contributed by atoms with Gasteiger partial charge >= 0.3 is 5.97 Å². The molecule has 0 radical (unpaired) electrons. The monoisotopic (exact) mass is 403 g/mol. The van der Waals surface area contributed by atoms with Crippen LogP contribution in [0.2, 0.25) is 0 Å². The zero-order valence-electron chi connectivity index (χ0n) is 14.7. The third-order valence-corrected chi connectivity index (χ3v) is 5.84. The fraction of sp³-hybridized carbons (Fsp3) is 0.158. The molecule has 3 aromatic rings. The fourth-order valence-corrected chi connectivity index (χ4v) is 4.10. The number of hydrogen-bond acceptors (Lipinski definition) is 7. The molecule has 27 heavy (non-hydrogen) atoms. The SMILES string of the molecule is COc1ccc(-c2nc(COC(=O)c3ccccc3S(C)(=O)=O)cs2)cc1. The first-order valence-corrected chi connectivity index (χ1v) is 10.7. The number of ether oxygens (including phenoxy) is 2. The molecule has 0 fully saturated rings. The molecule has 0 spiro atoms. The lowest BCUT2D eigenvalue weighted by Gasteiger charge is -2.07. The van der Waals surface area contributed by atoms with Gasteiger partial charge in [0.2, 0.25) is 0 Å². The maximum Gasteiger partial charge on any atom is 0.339 e. The van der Waals surface area contributed by atoms with E-state index >= 15 is 0 Å². The molecule has 3 rings (SSSR count). The van der Waals surface area contributed by atoms with Crippen LogP contribution in [0.1, 0.15) is 16.1 Å². The number of carbonyl (C=O) groups excluding carboxylic acids is 1. The Kier molecular flexibility index (Phi) is 5.57. The Morgan fingerprint density at radius 3 is 2.48 bits per heavy atom. The molecule has 8 heteroatoms. The largest absolute Gasteiger partial charge is 0.497 e. The molecule has 0 amide bonds. The second kappa shape index (κ2) is 7.89. The number of thiazole rings is 1. The molecular formula is C19H17NO5S2. The first-order valence-electron chi connectivity index (χ1n) is 7.93. The molecule has 0 bridgehead atoms. The molecule has 2 aromatic carbocycles. The fourth-order valence-electron chi connectivity index (χ4n) is 2.42. The summed E-state index contributed by atoms with van der Waals surface area (Å²) in [5.74, 6) is 0.0593.